The molecule has 1 aromatic heterocycles. The van der Waals surface area contributed by atoms with E-state index in [2.05, 4.69) is 15.0 Å². The fraction of sp³-hybridized carbons (Fsp3) is 0.100. The Kier molecular flexibility index (Phi) is 3.40. The Morgan fingerprint density at radius 2 is 1.76 bits per heavy atom. The van der Waals surface area contributed by atoms with E-state index in [1.807, 2.05) is 0 Å². The number of ether oxygens (including phenoxy) is 1. The second-order valence-electron chi connectivity index (χ2n) is 3.17. The van der Waals surface area contributed by atoms with Crippen LogP contribution in [-0.2, 0) is 0 Å². The van der Waals surface area contributed by atoms with Crippen molar-refractivity contribution in [3.63, 3.8) is 0 Å². The summed E-state index contributed by atoms with van der Waals surface area (Å²) in [6, 6.07) is 4.03. The largest absolute Gasteiger partial charge is 0.424 e. The average molecular weight is 274 g/mol. The Morgan fingerprint density at radius 1 is 1.12 bits per heavy atom. The molecule has 0 amide bonds. The minimum absolute atomic E-state index is 0.0373. The molecule has 0 bridgehead atoms. The quantitative estimate of drug-likeness (QED) is 0.841. The SMILES string of the molecule is Cc1cc(F)ccc1Oc1nc(Cl)nc(Cl)n1. The molecule has 0 saturated heterocycles. The third kappa shape index (κ3) is 3.01. The zero-order chi connectivity index (χ0) is 12.4. The van der Waals surface area contributed by atoms with Crippen LogP contribution in [0.4, 0.5) is 4.39 Å². The maximum absolute atomic E-state index is 12.9. The molecule has 2 aromatic rings. The van der Waals surface area contributed by atoms with Gasteiger partial charge in [0.15, 0.2) is 0 Å². The van der Waals surface area contributed by atoms with Gasteiger partial charge >= 0.3 is 6.01 Å². The summed E-state index contributed by atoms with van der Waals surface area (Å²) in [6.07, 6.45) is 0. The van der Waals surface area contributed by atoms with Crippen molar-refractivity contribution in [2.45, 2.75) is 6.92 Å². The minimum atomic E-state index is -0.346. The van der Waals surface area contributed by atoms with Gasteiger partial charge < -0.3 is 4.74 Å². The Morgan fingerprint density at radius 3 is 2.35 bits per heavy atom. The Balaban J connectivity index is 2.31. The molecular formula is C10H6Cl2FN3O. The van der Waals surface area contributed by atoms with E-state index in [1.165, 1.54) is 18.2 Å². The van der Waals surface area contributed by atoms with Crippen molar-refractivity contribution in [2.75, 3.05) is 0 Å². The molecule has 0 aliphatic heterocycles. The van der Waals surface area contributed by atoms with Gasteiger partial charge in [-0.05, 0) is 53.9 Å². The molecule has 17 heavy (non-hydrogen) atoms. The summed E-state index contributed by atoms with van der Waals surface area (Å²) < 4.78 is 18.2. The second kappa shape index (κ2) is 4.81. The predicted molar refractivity (Wildman–Crippen MR) is 61.1 cm³/mol. The van der Waals surface area contributed by atoms with Crippen molar-refractivity contribution in [1.82, 2.24) is 15.0 Å². The van der Waals surface area contributed by atoms with Crippen molar-refractivity contribution in [3.05, 3.63) is 40.1 Å². The highest BCUT2D eigenvalue weighted by molar-refractivity contribution is 6.31. The first-order valence-corrected chi connectivity index (χ1v) is 5.31. The van der Waals surface area contributed by atoms with Gasteiger partial charge in [0.1, 0.15) is 11.6 Å². The molecule has 0 aliphatic rings. The lowest BCUT2D eigenvalue weighted by Crippen LogP contribution is -1.96. The lowest BCUT2D eigenvalue weighted by Gasteiger charge is -2.06. The van der Waals surface area contributed by atoms with Crippen LogP contribution < -0.4 is 4.74 Å². The molecule has 0 atom stereocenters. The van der Waals surface area contributed by atoms with E-state index in [-0.39, 0.29) is 22.4 Å². The van der Waals surface area contributed by atoms with Crippen molar-refractivity contribution in [2.24, 2.45) is 0 Å². The molecule has 0 spiro atoms. The molecule has 1 aromatic carbocycles. The number of benzene rings is 1. The van der Waals surface area contributed by atoms with E-state index in [4.69, 9.17) is 27.9 Å². The molecule has 88 valence electrons. The molecular weight excluding hydrogens is 268 g/mol. The first-order valence-electron chi connectivity index (χ1n) is 4.55. The summed E-state index contributed by atoms with van der Waals surface area (Å²) in [6.45, 7) is 1.70. The Bertz CT molecular complexity index is 545. The van der Waals surface area contributed by atoms with Crippen LogP contribution in [0.3, 0.4) is 0 Å². The van der Waals surface area contributed by atoms with E-state index in [0.29, 0.717) is 11.3 Å². The summed E-state index contributed by atoms with van der Waals surface area (Å²) >= 11 is 11.2. The van der Waals surface area contributed by atoms with Crippen LogP contribution in [0.2, 0.25) is 10.6 Å². The number of aromatic nitrogens is 3. The summed E-state index contributed by atoms with van der Waals surface area (Å²) in [5.41, 5.74) is 0.609. The Hall–Kier alpha value is -1.46. The topological polar surface area (TPSA) is 47.9 Å². The zero-order valence-electron chi connectivity index (χ0n) is 8.62. The molecule has 7 heteroatoms. The first-order chi connectivity index (χ1) is 8.04. The van der Waals surface area contributed by atoms with E-state index < -0.39 is 0 Å². The fourth-order valence-electron chi connectivity index (χ4n) is 1.18. The molecule has 0 saturated carbocycles. The summed E-state index contributed by atoms with van der Waals surface area (Å²) in [5, 5.41) is -0.139. The van der Waals surface area contributed by atoms with Crippen molar-refractivity contribution < 1.29 is 9.13 Å². The summed E-state index contributed by atoms with van der Waals surface area (Å²) in [5.74, 6) is 0.0753. The first kappa shape index (κ1) is 12.0. The van der Waals surface area contributed by atoms with E-state index >= 15 is 0 Å². The monoisotopic (exact) mass is 273 g/mol. The second-order valence-corrected chi connectivity index (χ2v) is 3.84. The van der Waals surface area contributed by atoms with Crippen LogP contribution in [0.5, 0.6) is 11.8 Å². The number of hydrogen-bond donors (Lipinski definition) is 0. The van der Waals surface area contributed by atoms with Crippen LogP contribution in [0, 0.1) is 12.7 Å². The normalized spacial score (nSPS) is 10.4. The van der Waals surface area contributed by atoms with Gasteiger partial charge in [0.25, 0.3) is 0 Å². The van der Waals surface area contributed by atoms with Crippen molar-refractivity contribution in [3.8, 4) is 11.8 Å². The van der Waals surface area contributed by atoms with E-state index in [0.717, 1.165) is 0 Å². The predicted octanol–water partition coefficient (Wildman–Crippen LogP) is 3.42. The molecule has 0 N–H and O–H groups in total. The maximum Gasteiger partial charge on any atom is 0.327 e. The molecule has 0 radical (unpaired) electrons. The average Bonchev–Trinajstić information content (AvgIpc) is 2.21. The van der Waals surface area contributed by atoms with E-state index in [1.54, 1.807) is 6.92 Å². The van der Waals surface area contributed by atoms with Gasteiger partial charge in [-0.1, -0.05) is 0 Å². The lowest BCUT2D eigenvalue weighted by atomic mass is 10.2. The fourth-order valence-corrected chi connectivity index (χ4v) is 1.53. The molecule has 2 rings (SSSR count). The van der Waals surface area contributed by atoms with Crippen molar-refractivity contribution >= 4 is 23.2 Å². The van der Waals surface area contributed by atoms with Gasteiger partial charge in [0.2, 0.25) is 10.6 Å². The number of rotatable bonds is 2. The van der Waals surface area contributed by atoms with Gasteiger partial charge in [-0.2, -0.15) is 15.0 Å². The minimum Gasteiger partial charge on any atom is -0.424 e. The van der Waals surface area contributed by atoms with Crippen LogP contribution in [-0.4, -0.2) is 15.0 Å². The third-order valence-corrected chi connectivity index (χ3v) is 2.24. The van der Waals surface area contributed by atoms with Crippen LogP contribution in [0.25, 0.3) is 0 Å². The molecule has 0 fully saturated rings. The molecule has 0 unspecified atom stereocenters. The van der Waals surface area contributed by atoms with E-state index in [9.17, 15) is 4.39 Å². The highest BCUT2D eigenvalue weighted by atomic mass is 35.5. The van der Waals surface area contributed by atoms with Gasteiger partial charge in [-0.25, -0.2) is 4.39 Å². The number of halogens is 3. The zero-order valence-corrected chi connectivity index (χ0v) is 10.1. The standard InChI is InChI=1S/C10H6Cl2FN3O/c1-5-4-6(13)2-3-7(5)17-10-15-8(11)14-9(12)16-10/h2-4H,1H3. The van der Waals surface area contributed by atoms with Gasteiger partial charge in [-0.3, -0.25) is 0 Å². The smallest absolute Gasteiger partial charge is 0.327 e. The molecule has 1 heterocycles. The van der Waals surface area contributed by atoms with Gasteiger partial charge in [0, 0.05) is 0 Å². The molecule has 0 aliphatic carbocycles. The lowest BCUT2D eigenvalue weighted by molar-refractivity contribution is 0.435. The number of aryl methyl sites for hydroxylation is 1. The summed E-state index contributed by atoms with van der Waals surface area (Å²) in [7, 11) is 0. The third-order valence-electron chi connectivity index (χ3n) is 1.90. The number of nitrogens with zero attached hydrogens (tertiary/aromatic N) is 3. The van der Waals surface area contributed by atoms with Crippen LogP contribution in [0.15, 0.2) is 18.2 Å². The van der Waals surface area contributed by atoms with Crippen molar-refractivity contribution in [1.29, 1.82) is 0 Å². The van der Waals surface area contributed by atoms with Gasteiger partial charge in [-0.15, -0.1) is 0 Å². The summed E-state index contributed by atoms with van der Waals surface area (Å²) in [4.78, 5) is 11.1. The number of hydrogen-bond acceptors (Lipinski definition) is 4. The highest BCUT2D eigenvalue weighted by Crippen LogP contribution is 2.24. The van der Waals surface area contributed by atoms with Gasteiger partial charge in [0.05, 0.1) is 0 Å². The molecule has 4 nitrogen and oxygen atoms in total. The van der Waals surface area contributed by atoms with Crippen LogP contribution >= 0.6 is 23.2 Å². The van der Waals surface area contributed by atoms with Crippen LogP contribution in [0.1, 0.15) is 5.56 Å². The Labute approximate surface area is 106 Å². The highest BCUT2D eigenvalue weighted by Gasteiger charge is 2.08. The maximum atomic E-state index is 12.9.